The Morgan fingerprint density at radius 1 is 1.31 bits per heavy atom. The molecule has 0 saturated heterocycles. The van der Waals surface area contributed by atoms with Crippen LogP contribution in [0.25, 0.3) is 0 Å². The zero-order valence-electron chi connectivity index (χ0n) is 8.84. The van der Waals surface area contributed by atoms with E-state index < -0.39 is 17.8 Å². The summed E-state index contributed by atoms with van der Waals surface area (Å²) in [5.74, 6) is 4.71. The van der Waals surface area contributed by atoms with E-state index in [0.717, 1.165) is 6.07 Å². The summed E-state index contributed by atoms with van der Waals surface area (Å²) in [7, 11) is 1.18. The number of hydrogen-bond acceptors (Lipinski definition) is 3. The summed E-state index contributed by atoms with van der Waals surface area (Å²) in [6.45, 7) is 1.63. The number of halogens is 3. The lowest BCUT2D eigenvalue weighted by atomic mass is 10.1. The number of alkyl halides is 3. The van der Waals surface area contributed by atoms with Crippen LogP contribution in [0.1, 0.15) is 24.2 Å². The van der Waals surface area contributed by atoms with E-state index >= 15 is 0 Å². The van der Waals surface area contributed by atoms with Gasteiger partial charge in [0.15, 0.2) is 0 Å². The van der Waals surface area contributed by atoms with Crippen molar-refractivity contribution in [3.05, 3.63) is 29.3 Å². The monoisotopic (exact) mass is 235 g/mol. The van der Waals surface area contributed by atoms with Crippen LogP contribution in [0.3, 0.4) is 0 Å². The van der Waals surface area contributed by atoms with Crippen molar-refractivity contribution in [2.45, 2.75) is 19.2 Å². The largest absolute Gasteiger partial charge is 0.496 e. The van der Waals surface area contributed by atoms with Gasteiger partial charge in [0.05, 0.1) is 12.7 Å². The van der Waals surface area contributed by atoms with E-state index in [1.165, 1.54) is 19.2 Å². The van der Waals surface area contributed by atoms with Crippen LogP contribution in [-0.4, -0.2) is 7.11 Å². The molecule has 3 nitrogen and oxygen atoms in total. The van der Waals surface area contributed by atoms with Crippen LogP contribution in [-0.2, 0) is 11.0 Å². The first-order valence-corrected chi connectivity index (χ1v) is 4.50. The highest BCUT2D eigenvalue weighted by Gasteiger charge is 2.34. The van der Waals surface area contributed by atoms with Crippen molar-refractivity contribution >= 4 is 0 Å². The Morgan fingerprint density at radius 3 is 2.38 bits per heavy atom. The first kappa shape index (κ1) is 12.8. The topological polar surface area (TPSA) is 44.5 Å². The van der Waals surface area contributed by atoms with Crippen LogP contribution in [0.15, 0.2) is 18.2 Å². The van der Waals surface area contributed by atoms with Gasteiger partial charge in [-0.1, -0.05) is 6.07 Å². The van der Waals surface area contributed by atoms with Crippen molar-refractivity contribution in [1.82, 2.24) is 0 Å². The lowest BCUT2D eigenvalue weighted by Crippen LogP contribution is -2.10. The molecule has 0 aliphatic carbocycles. The molecule has 0 spiro atoms. The Morgan fingerprint density at radius 2 is 1.94 bits per heavy atom. The molecule has 0 heterocycles. The van der Waals surface area contributed by atoms with Gasteiger partial charge in [-0.25, -0.2) is 5.90 Å². The summed E-state index contributed by atoms with van der Waals surface area (Å²) in [4.78, 5) is 4.52. The first-order valence-electron chi connectivity index (χ1n) is 4.50. The molecule has 0 saturated carbocycles. The van der Waals surface area contributed by atoms with Gasteiger partial charge in [-0.2, -0.15) is 13.2 Å². The Bertz CT molecular complexity index is 366. The minimum atomic E-state index is -4.43. The van der Waals surface area contributed by atoms with Gasteiger partial charge in [0.1, 0.15) is 11.9 Å². The maximum absolute atomic E-state index is 12.5. The quantitative estimate of drug-likeness (QED) is 0.819. The molecule has 0 aliphatic heterocycles. The standard InChI is InChI=1S/C10H12F3NO2/c1-6(16-14)7-3-4-8(10(11,12)13)9(5-7)15-2/h3-6H,14H2,1-2H3. The molecule has 16 heavy (non-hydrogen) atoms. The number of rotatable bonds is 3. The fraction of sp³-hybridized carbons (Fsp3) is 0.400. The Kier molecular flexibility index (Phi) is 3.77. The van der Waals surface area contributed by atoms with Crippen molar-refractivity contribution in [1.29, 1.82) is 0 Å². The fourth-order valence-corrected chi connectivity index (χ4v) is 1.27. The predicted octanol–water partition coefficient (Wildman–Crippen LogP) is 2.67. The second-order valence-electron chi connectivity index (χ2n) is 3.24. The van der Waals surface area contributed by atoms with Crippen molar-refractivity contribution in [2.24, 2.45) is 5.90 Å². The molecule has 2 N–H and O–H groups in total. The molecule has 0 fully saturated rings. The normalized spacial score (nSPS) is 13.6. The van der Waals surface area contributed by atoms with E-state index in [0.29, 0.717) is 5.56 Å². The van der Waals surface area contributed by atoms with E-state index in [1.807, 2.05) is 0 Å². The van der Waals surface area contributed by atoms with E-state index in [2.05, 4.69) is 4.84 Å². The van der Waals surface area contributed by atoms with E-state index in [1.54, 1.807) is 6.92 Å². The minimum Gasteiger partial charge on any atom is -0.496 e. The van der Waals surface area contributed by atoms with Gasteiger partial charge in [-0.3, -0.25) is 4.84 Å². The van der Waals surface area contributed by atoms with Crippen LogP contribution in [0.2, 0.25) is 0 Å². The predicted molar refractivity (Wildman–Crippen MR) is 51.7 cm³/mol. The number of ether oxygens (including phenoxy) is 1. The molecule has 6 heteroatoms. The maximum atomic E-state index is 12.5. The van der Waals surface area contributed by atoms with E-state index in [4.69, 9.17) is 10.6 Å². The minimum absolute atomic E-state index is 0.242. The molecular formula is C10H12F3NO2. The van der Waals surface area contributed by atoms with Crippen molar-refractivity contribution in [3.8, 4) is 5.75 Å². The number of nitrogens with two attached hydrogens (primary N) is 1. The average molecular weight is 235 g/mol. The third-order valence-electron chi connectivity index (χ3n) is 2.20. The van der Waals surface area contributed by atoms with Gasteiger partial charge in [-0.05, 0) is 24.6 Å². The average Bonchev–Trinajstić information content (AvgIpc) is 2.25. The third-order valence-corrected chi connectivity index (χ3v) is 2.20. The van der Waals surface area contributed by atoms with Gasteiger partial charge in [0.2, 0.25) is 0 Å². The lowest BCUT2D eigenvalue weighted by Gasteiger charge is -2.15. The van der Waals surface area contributed by atoms with Crippen LogP contribution in [0.5, 0.6) is 5.75 Å². The fourth-order valence-electron chi connectivity index (χ4n) is 1.27. The van der Waals surface area contributed by atoms with Gasteiger partial charge >= 0.3 is 6.18 Å². The molecule has 1 aromatic rings. The van der Waals surface area contributed by atoms with Crippen LogP contribution < -0.4 is 10.6 Å². The number of methoxy groups -OCH3 is 1. The highest BCUT2D eigenvalue weighted by atomic mass is 19.4. The molecule has 1 aromatic carbocycles. The van der Waals surface area contributed by atoms with Gasteiger partial charge in [0.25, 0.3) is 0 Å². The van der Waals surface area contributed by atoms with Crippen LogP contribution in [0, 0.1) is 0 Å². The van der Waals surface area contributed by atoms with E-state index in [-0.39, 0.29) is 5.75 Å². The Hall–Kier alpha value is -1.27. The highest BCUT2D eigenvalue weighted by Crippen LogP contribution is 2.37. The Balaban J connectivity index is 3.17. The second-order valence-corrected chi connectivity index (χ2v) is 3.24. The molecular weight excluding hydrogens is 223 g/mol. The van der Waals surface area contributed by atoms with Gasteiger partial charge < -0.3 is 4.74 Å². The van der Waals surface area contributed by atoms with Crippen molar-refractivity contribution < 1.29 is 22.7 Å². The summed E-state index contributed by atoms with van der Waals surface area (Å²) in [5.41, 5.74) is -0.296. The molecule has 0 radical (unpaired) electrons. The summed E-state index contributed by atoms with van der Waals surface area (Å²) in [5, 5.41) is 0. The van der Waals surface area contributed by atoms with Crippen LogP contribution >= 0.6 is 0 Å². The van der Waals surface area contributed by atoms with Crippen molar-refractivity contribution in [2.75, 3.05) is 7.11 Å². The second kappa shape index (κ2) is 4.71. The SMILES string of the molecule is COc1cc(C(C)ON)ccc1C(F)(F)F. The smallest absolute Gasteiger partial charge is 0.419 e. The van der Waals surface area contributed by atoms with Crippen molar-refractivity contribution in [3.63, 3.8) is 0 Å². The van der Waals surface area contributed by atoms with Gasteiger partial charge in [0, 0.05) is 0 Å². The number of benzene rings is 1. The van der Waals surface area contributed by atoms with E-state index in [9.17, 15) is 13.2 Å². The lowest BCUT2D eigenvalue weighted by molar-refractivity contribution is -0.138. The molecule has 0 amide bonds. The first-order chi connectivity index (χ1) is 7.40. The number of hydrogen-bond donors (Lipinski definition) is 1. The Labute approximate surface area is 90.9 Å². The summed E-state index contributed by atoms with van der Waals surface area (Å²) in [6.07, 6.45) is -4.92. The summed E-state index contributed by atoms with van der Waals surface area (Å²) in [6, 6.07) is 3.52. The molecule has 0 bridgehead atoms. The third kappa shape index (κ3) is 2.65. The van der Waals surface area contributed by atoms with Crippen LogP contribution in [0.4, 0.5) is 13.2 Å². The summed E-state index contributed by atoms with van der Waals surface area (Å²) >= 11 is 0. The molecule has 90 valence electrons. The summed E-state index contributed by atoms with van der Waals surface area (Å²) < 4.78 is 42.2. The van der Waals surface area contributed by atoms with Gasteiger partial charge in [-0.15, -0.1) is 0 Å². The maximum Gasteiger partial charge on any atom is 0.419 e. The molecule has 0 aromatic heterocycles. The zero-order chi connectivity index (χ0) is 12.3. The molecule has 1 atom stereocenters. The molecule has 1 rings (SSSR count). The highest BCUT2D eigenvalue weighted by molar-refractivity contribution is 5.40. The molecule has 0 aliphatic rings. The zero-order valence-corrected chi connectivity index (χ0v) is 8.84. The molecule has 1 unspecified atom stereocenters.